The summed E-state index contributed by atoms with van der Waals surface area (Å²) in [5, 5.41) is 0. The maximum absolute atomic E-state index is 11.6. The van der Waals surface area contributed by atoms with Gasteiger partial charge in [0.15, 0.2) is 5.82 Å². The molecule has 92 valence electrons. The fraction of sp³-hybridized carbons (Fsp3) is 0.500. The van der Waals surface area contributed by atoms with Gasteiger partial charge in [0.05, 0.1) is 13.4 Å². The third-order valence-electron chi connectivity index (χ3n) is 2.78. The van der Waals surface area contributed by atoms with Gasteiger partial charge in [0, 0.05) is 6.54 Å². The van der Waals surface area contributed by atoms with E-state index in [9.17, 15) is 9.59 Å². The number of carbonyl (C=O) groups is 1. The molecule has 0 aromatic carbocycles. The molecule has 2 rings (SSSR count). The molecule has 0 radical (unpaired) electrons. The monoisotopic (exact) mass is 301 g/mol. The van der Waals surface area contributed by atoms with Gasteiger partial charge < -0.3 is 14.6 Å². The van der Waals surface area contributed by atoms with Crippen LogP contribution >= 0.6 is 15.9 Å². The molecule has 17 heavy (non-hydrogen) atoms. The minimum absolute atomic E-state index is 0.259. The first kappa shape index (κ1) is 12.1. The molecule has 0 amide bonds. The number of rotatable bonds is 2. The Kier molecular flexibility index (Phi) is 3.46. The van der Waals surface area contributed by atoms with Crippen molar-refractivity contribution in [1.29, 1.82) is 0 Å². The van der Waals surface area contributed by atoms with Crippen LogP contribution in [0, 0.1) is 0 Å². The van der Waals surface area contributed by atoms with Crippen LogP contribution in [-0.4, -0.2) is 35.6 Å². The van der Waals surface area contributed by atoms with Crippen molar-refractivity contribution in [1.82, 2.24) is 9.97 Å². The molecule has 0 aliphatic carbocycles. The molecule has 2 heterocycles. The number of nitrogens with one attached hydrogen (secondary N) is 1. The highest BCUT2D eigenvalue weighted by Gasteiger charge is 2.33. The summed E-state index contributed by atoms with van der Waals surface area (Å²) in [6, 6.07) is -0.356. The van der Waals surface area contributed by atoms with Crippen LogP contribution < -0.4 is 10.5 Å². The number of ether oxygens (including phenoxy) is 1. The van der Waals surface area contributed by atoms with Crippen LogP contribution in [0.2, 0.25) is 0 Å². The molecule has 1 aromatic heterocycles. The molecule has 1 fully saturated rings. The van der Waals surface area contributed by atoms with E-state index in [1.54, 1.807) is 4.90 Å². The lowest BCUT2D eigenvalue weighted by atomic mass is 10.2. The summed E-state index contributed by atoms with van der Waals surface area (Å²) in [7, 11) is 1.36. The third kappa shape index (κ3) is 2.19. The lowest BCUT2D eigenvalue weighted by Crippen LogP contribution is -2.38. The van der Waals surface area contributed by atoms with Gasteiger partial charge in [-0.1, -0.05) is 0 Å². The number of aromatic amines is 1. The normalized spacial score (nSPS) is 19.4. The average molecular weight is 302 g/mol. The summed E-state index contributed by atoms with van der Waals surface area (Å²) < 4.78 is 5.09. The van der Waals surface area contributed by atoms with Crippen molar-refractivity contribution in [2.24, 2.45) is 0 Å². The summed E-state index contributed by atoms with van der Waals surface area (Å²) in [6.45, 7) is 0.689. The van der Waals surface area contributed by atoms with E-state index in [0.717, 1.165) is 6.42 Å². The number of carbonyl (C=O) groups excluding carboxylic acids is 1. The van der Waals surface area contributed by atoms with Gasteiger partial charge in [0.1, 0.15) is 10.5 Å². The van der Waals surface area contributed by atoms with E-state index in [0.29, 0.717) is 23.3 Å². The van der Waals surface area contributed by atoms with Gasteiger partial charge in [-0.25, -0.2) is 9.78 Å². The van der Waals surface area contributed by atoms with E-state index < -0.39 is 0 Å². The van der Waals surface area contributed by atoms with Gasteiger partial charge in [-0.3, -0.25) is 4.79 Å². The Balaban J connectivity index is 2.36. The molecule has 0 spiro atoms. The van der Waals surface area contributed by atoms with Crippen molar-refractivity contribution in [3.63, 3.8) is 0 Å². The van der Waals surface area contributed by atoms with Crippen molar-refractivity contribution in [2.75, 3.05) is 18.6 Å². The van der Waals surface area contributed by atoms with E-state index >= 15 is 0 Å². The highest BCUT2D eigenvalue weighted by Crippen LogP contribution is 2.28. The largest absolute Gasteiger partial charge is 0.467 e. The first-order valence-electron chi connectivity index (χ1n) is 5.23. The average Bonchev–Trinajstić information content (AvgIpc) is 2.80. The Morgan fingerprint density at radius 2 is 2.47 bits per heavy atom. The zero-order chi connectivity index (χ0) is 12.4. The van der Waals surface area contributed by atoms with Crippen molar-refractivity contribution < 1.29 is 9.53 Å². The summed E-state index contributed by atoms with van der Waals surface area (Å²) in [4.78, 5) is 31.4. The fourth-order valence-corrected chi connectivity index (χ4v) is 2.42. The van der Waals surface area contributed by atoms with Crippen LogP contribution in [-0.2, 0) is 9.53 Å². The second kappa shape index (κ2) is 4.87. The standard InChI is InChI=1S/C10H12BrN3O3/c1-17-10(16)6-3-2-4-14(6)8-7(11)9(15)13-5-12-8/h5-6H,2-4H2,1H3,(H,12,13,15). The van der Waals surface area contributed by atoms with E-state index in [2.05, 4.69) is 25.9 Å². The van der Waals surface area contributed by atoms with Gasteiger partial charge >= 0.3 is 5.97 Å². The number of nitrogens with zero attached hydrogens (tertiary/aromatic N) is 2. The predicted molar refractivity (Wildman–Crippen MR) is 64.9 cm³/mol. The number of anilines is 1. The van der Waals surface area contributed by atoms with E-state index in [4.69, 9.17) is 4.74 Å². The minimum atomic E-state index is -0.356. The number of hydrogen-bond acceptors (Lipinski definition) is 5. The highest BCUT2D eigenvalue weighted by molar-refractivity contribution is 9.10. The summed E-state index contributed by atoms with van der Waals surface area (Å²) in [5.41, 5.74) is -0.259. The quantitative estimate of drug-likeness (QED) is 0.813. The third-order valence-corrected chi connectivity index (χ3v) is 3.49. The van der Waals surface area contributed by atoms with Crippen LogP contribution in [0.15, 0.2) is 15.6 Å². The van der Waals surface area contributed by atoms with Crippen LogP contribution in [0.4, 0.5) is 5.82 Å². The number of methoxy groups -OCH3 is 1. The summed E-state index contributed by atoms with van der Waals surface area (Å²) in [5.74, 6) is 0.193. The topological polar surface area (TPSA) is 75.3 Å². The molecule has 1 aliphatic rings. The summed E-state index contributed by atoms with van der Waals surface area (Å²) in [6.07, 6.45) is 2.92. The molecular formula is C10H12BrN3O3. The van der Waals surface area contributed by atoms with Gasteiger partial charge in [-0.05, 0) is 28.8 Å². The Hall–Kier alpha value is -1.37. The second-order valence-corrected chi connectivity index (χ2v) is 4.54. The van der Waals surface area contributed by atoms with Crippen molar-refractivity contribution >= 4 is 27.7 Å². The zero-order valence-corrected chi connectivity index (χ0v) is 10.9. The first-order chi connectivity index (χ1) is 8.15. The number of halogens is 1. The maximum atomic E-state index is 11.6. The molecule has 1 N–H and O–H groups in total. The Labute approximate surface area is 106 Å². The van der Waals surface area contributed by atoms with Gasteiger partial charge in [-0.2, -0.15) is 0 Å². The number of hydrogen-bond donors (Lipinski definition) is 1. The highest BCUT2D eigenvalue weighted by atomic mass is 79.9. The van der Waals surface area contributed by atoms with E-state index in [-0.39, 0.29) is 17.6 Å². The molecular weight excluding hydrogens is 290 g/mol. The van der Waals surface area contributed by atoms with Crippen LogP contribution in [0.3, 0.4) is 0 Å². The van der Waals surface area contributed by atoms with Crippen LogP contribution in [0.25, 0.3) is 0 Å². The molecule has 6 nitrogen and oxygen atoms in total. The van der Waals surface area contributed by atoms with Crippen molar-refractivity contribution in [3.05, 3.63) is 21.2 Å². The molecule has 0 saturated carbocycles. The SMILES string of the molecule is COC(=O)C1CCCN1c1nc[nH]c(=O)c1Br. The molecule has 1 unspecified atom stereocenters. The molecule has 1 atom stereocenters. The maximum Gasteiger partial charge on any atom is 0.328 e. The Morgan fingerprint density at radius 1 is 1.71 bits per heavy atom. The first-order valence-corrected chi connectivity index (χ1v) is 6.02. The smallest absolute Gasteiger partial charge is 0.328 e. The number of esters is 1. The van der Waals surface area contributed by atoms with E-state index in [1.165, 1.54) is 13.4 Å². The second-order valence-electron chi connectivity index (χ2n) is 3.74. The number of aromatic nitrogens is 2. The van der Waals surface area contributed by atoms with Crippen molar-refractivity contribution in [2.45, 2.75) is 18.9 Å². The lowest BCUT2D eigenvalue weighted by molar-refractivity contribution is -0.141. The van der Waals surface area contributed by atoms with Gasteiger partial charge in [0.25, 0.3) is 5.56 Å². The van der Waals surface area contributed by atoms with Gasteiger partial charge in [-0.15, -0.1) is 0 Å². The van der Waals surface area contributed by atoms with Gasteiger partial charge in [0.2, 0.25) is 0 Å². The predicted octanol–water partition coefficient (Wildman–Crippen LogP) is 0.674. The number of H-pyrrole nitrogens is 1. The fourth-order valence-electron chi connectivity index (χ4n) is 1.98. The Bertz CT molecular complexity index is 488. The Morgan fingerprint density at radius 3 is 3.18 bits per heavy atom. The zero-order valence-electron chi connectivity index (χ0n) is 9.27. The molecule has 7 heteroatoms. The lowest BCUT2D eigenvalue weighted by Gasteiger charge is -2.23. The summed E-state index contributed by atoms with van der Waals surface area (Å²) >= 11 is 3.19. The molecule has 1 aliphatic heterocycles. The molecule has 1 saturated heterocycles. The molecule has 1 aromatic rings. The minimum Gasteiger partial charge on any atom is -0.467 e. The van der Waals surface area contributed by atoms with Crippen molar-refractivity contribution in [3.8, 4) is 0 Å². The van der Waals surface area contributed by atoms with Crippen LogP contribution in [0.1, 0.15) is 12.8 Å². The molecule has 0 bridgehead atoms. The van der Waals surface area contributed by atoms with Crippen LogP contribution in [0.5, 0.6) is 0 Å². The van der Waals surface area contributed by atoms with E-state index in [1.807, 2.05) is 0 Å².